The zero-order valence-electron chi connectivity index (χ0n) is 71.9. The van der Waals surface area contributed by atoms with Gasteiger partial charge in [-0.15, -0.1) is 0 Å². The number of thioether (sulfide) groups is 1. The Morgan fingerprint density at radius 2 is 0.976 bits per heavy atom. The number of nitrogens with two attached hydrogens (primary N) is 2. The second-order valence-electron chi connectivity index (χ2n) is 32.5. The highest BCUT2D eigenvalue weighted by Gasteiger charge is 2.43. The number of aliphatic carboxylic acids is 1. The van der Waals surface area contributed by atoms with Crippen LogP contribution in [0.5, 0.6) is 5.75 Å². The number of para-hydroxylation sites is 1. The van der Waals surface area contributed by atoms with Crippen molar-refractivity contribution in [3.05, 3.63) is 102 Å². The first kappa shape index (κ1) is 102. The maximum Gasteiger partial charge on any atom is 0.328 e. The van der Waals surface area contributed by atoms with Crippen molar-refractivity contribution in [3.8, 4) is 5.75 Å². The first-order valence-electron chi connectivity index (χ1n) is 41.3. The predicted octanol–water partition coefficient (Wildman–Crippen LogP) is -1.93. The van der Waals surface area contributed by atoms with Crippen molar-refractivity contribution in [2.45, 2.75) is 244 Å². The third-order valence-electron chi connectivity index (χ3n) is 21.0. The standard InChI is InChI=1S/C84H125N17O21S/c1-14-46(10)68(98-80(117)67(45(8)9)96-79(116)66(44(6)7)95-71(108)54(85)41-102)81(118)94-61(37-49-21-16-15-17-22-49)83(120)101-33-20-25-62(101)77(114)93-58(35-42(2)3)74(111)92-60(38-51-39-87-55-24-19-18-23-53(51)55)75(112)90-56(30-31-63(86)106)73(110)99-69(47(11)103)82(119)97-65(43(4)5)78(115)91-57(32-34-123-13)72(109)88-40-64(107)89-59(36-50-26-28-52(105)29-27-50)76(113)100-70(48(12)104)84(121)122/h15-19,21-24,26-29,39,42-48,54,56-62,65-70,87,102-105H,14,20,25,30-38,40-41,85H2,1-13H3,(H2,86,106)(H,88,109)(H,89,107)(H,90,112)(H,91,115)(H,92,111)(H,93,114)(H,94,118)(H,95,108)(H,96,116)(H,97,119)(H,98,117)(H,99,110)(H,100,113)(H,121,122)/t46-,47+,48+,54-,56-,57-,58-,59-,60-,61-,62-,65-,66-,67-,68-,69-,70-/m0/s1. The minimum atomic E-state index is -1.90. The van der Waals surface area contributed by atoms with Gasteiger partial charge in [0.1, 0.15) is 84.3 Å². The van der Waals surface area contributed by atoms with Crippen LogP contribution in [0.4, 0.5) is 0 Å². The molecule has 1 aliphatic rings. The summed E-state index contributed by atoms with van der Waals surface area (Å²) in [6.45, 7) is 17.6. The number of rotatable bonds is 50. The lowest BCUT2D eigenvalue weighted by molar-refractivity contribution is -0.145. The molecule has 1 aliphatic heterocycles. The zero-order valence-corrected chi connectivity index (χ0v) is 72.7. The Hall–Kier alpha value is -11.3. The molecule has 0 unspecified atom stereocenters. The average molecular weight is 1740 g/mol. The number of H-pyrrole nitrogens is 1. The van der Waals surface area contributed by atoms with E-state index >= 15 is 14.4 Å². The van der Waals surface area contributed by atoms with Crippen LogP contribution in [-0.2, 0) is 96.0 Å². The molecular formula is C84H125N17O21S. The molecule has 38 nitrogen and oxygen atoms in total. The molecule has 5 rings (SSSR count). The van der Waals surface area contributed by atoms with Crippen molar-refractivity contribution in [2.75, 3.05) is 31.7 Å². The molecule has 0 spiro atoms. The van der Waals surface area contributed by atoms with E-state index < -0.39 is 241 Å². The zero-order chi connectivity index (χ0) is 91.8. The molecule has 0 saturated carbocycles. The molecule has 23 N–H and O–H groups in total. The molecule has 1 aromatic heterocycles. The molecule has 4 aromatic rings. The van der Waals surface area contributed by atoms with Gasteiger partial charge in [0, 0.05) is 49.3 Å². The number of nitrogens with one attached hydrogen (secondary N) is 14. The number of aromatic hydroxyl groups is 1. The van der Waals surface area contributed by atoms with E-state index in [1.807, 2.05) is 0 Å². The van der Waals surface area contributed by atoms with E-state index in [-0.39, 0.29) is 62.5 Å². The fourth-order valence-corrected chi connectivity index (χ4v) is 14.1. The topological polar surface area (TPSA) is 602 Å². The number of carbonyl (C=O) groups is 16. The highest BCUT2D eigenvalue weighted by Crippen LogP contribution is 2.24. The molecule has 1 fully saturated rings. The summed E-state index contributed by atoms with van der Waals surface area (Å²) in [5, 5.41) is 84.5. The number of amides is 15. The SMILES string of the molecule is CC[C@H](C)[C@H](NC(=O)[C@@H](NC(=O)[C@@H](NC(=O)[C@@H](N)CO)C(C)C)C(C)C)C(=O)N[C@@H](Cc1ccccc1)C(=O)N1CCC[C@H]1C(=O)N[C@@H](CC(C)C)C(=O)N[C@@H](Cc1c[nH]c2ccccc12)C(=O)N[C@@H](CCC(N)=O)C(=O)N[C@H](C(=O)N[C@H](C(=O)N[C@@H](CCSC)C(=O)NCC(=O)N[C@@H](Cc1ccc(O)cc1)C(=O)N[C@H](C(=O)O)[C@@H](C)O)C(C)C)[C@@H](C)O. The van der Waals surface area contributed by atoms with Crippen LogP contribution >= 0.6 is 11.8 Å². The third kappa shape index (κ3) is 31.8. The number of carboxylic acid groups (broad SMARTS) is 1. The molecule has 17 atom stereocenters. The van der Waals surface area contributed by atoms with E-state index in [0.29, 0.717) is 40.4 Å². The van der Waals surface area contributed by atoms with Gasteiger partial charge in [-0.25, -0.2) is 4.79 Å². The number of primary amides is 1. The number of fused-ring (bicyclic) bond motifs is 1. The Labute approximate surface area is 719 Å². The number of nitrogens with zero attached hydrogens (tertiary/aromatic N) is 1. The Kier molecular flexibility index (Phi) is 41.3. The van der Waals surface area contributed by atoms with Crippen LogP contribution < -0.4 is 80.6 Å². The number of benzene rings is 3. The lowest BCUT2D eigenvalue weighted by atomic mass is 9.95. The number of carboxylic acids is 1. The Balaban J connectivity index is 1.38. The van der Waals surface area contributed by atoms with Crippen LogP contribution in [0.2, 0.25) is 0 Å². The van der Waals surface area contributed by atoms with Crippen molar-refractivity contribution in [3.63, 3.8) is 0 Å². The number of carbonyl (C=O) groups excluding carboxylic acids is 15. The fourth-order valence-electron chi connectivity index (χ4n) is 13.7. The summed E-state index contributed by atoms with van der Waals surface area (Å²) in [6, 6.07) is 0.876. The van der Waals surface area contributed by atoms with E-state index in [1.165, 1.54) is 54.8 Å². The summed E-state index contributed by atoms with van der Waals surface area (Å²) >= 11 is 1.30. The van der Waals surface area contributed by atoms with Gasteiger partial charge in [0.05, 0.1) is 25.4 Å². The maximum absolute atomic E-state index is 15.2. The van der Waals surface area contributed by atoms with Crippen molar-refractivity contribution in [2.24, 2.45) is 41.1 Å². The second kappa shape index (κ2) is 49.7. The number of phenolic OH excluding ortho intramolecular Hbond substituents is 1. The summed E-state index contributed by atoms with van der Waals surface area (Å²) in [6.07, 6.45) is -0.915. The minimum Gasteiger partial charge on any atom is -0.508 e. The highest BCUT2D eigenvalue weighted by atomic mass is 32.2. The normalized spacial score (nSPS) is 16.6. The van der Waals surface area contributed by atoms with E-state index in [4.69, 9.17) is 11.5 Å². The largest absolute Gasteiger partial charge is 0.508 e. The first-order valence-corrected chi connectivity index (χ1v) is 42.7. The van der Waals surface area contributed by atoms with Crippen LogP contribution in [0.25, 0.3) is 10.9 Å². The number of aromatic amines is 1. The van der Waals surface area contributed by atoms with E-state index in [0.717, 1.165) is 13.8 Å². The van der Waals surface area contributed by atoms with Gasteiger partial charge in [-0.3, -0.25) is 71.9 Å². The van der Waals surface area contributed by atoms with Crippen LogP contribution in [-0.4, -0.2) is 258 Å². The molecule has 3 aromatic carbocycles. The van der Waals surface area contributed by atoms with E-state index in [1.54, 1.807) is 122 Å². The van der Waals surface area contributed by atoms with E-state index in [2.05, 4.69) is 74.1 Å². The molecule has 39 heteroatoms. The Bertz CT molecular complexity index is 4280. The van der Waals surface area contributed by atoms with Crippen LogP contribution in [0.3, 0.4) is 0 Å². The van der Waals surface area contributed by atoms with Gasteiger partial charge in [-0.1, -0.05) is 136 Å². The van der Waals surface area contributed by atoms with Gasteiger partial charge in [0.2, 0.25) is 88.6 Å². The van der Waals surface area contributed by atoms with Gasteiger partial charge >= 0.3 is 5.97 Å². The van der Waals surface area contributed by atoms with Crippen molar-refractivity contribution in [1.82, 2.24) is 79.0 Å². The molecule has 123 heavy (non-hydrogen) atoms. The Morgan fingerprint density at radius 3 is 1.53 bits per heavy atom. The number of aliphatic hydroxyl groups is 3. The summed E-state index contributed by atoms with van der Waals surface area (Å²) in [4.78, 5) is 229. The molecule has 0 aliphatic carbocycles. The monoisotopic (exact) mass is 1740 g/mol. The summed E-state index contributed by atoms with van der Waals surface area (Å²) in [5.74, 6) is -17.5. The van der Waals surface area contributed by atoms with Gasteiger partial charge in [-0.05, 0) is 122 Å². The number of aromatic nitrogens is 1. The van der Waals surface area contributed by atoms with Gasteiger partial charge in [-0.2, -0.15) is 11.8 Å². The van der Waals surface area contributed by atoms with Crippen LogP contribution in [0, 0.1) is 29.6 Å². The maximum atomic E-state index is 15.2. The molecule has 2 heterocycles. The van der Waals surface area contributed by atoms with Crippen molar-refractivity contribution >= 4 is 117 Å². The molecular weight excluding hydrogens is 1620 g/mol. The quantitative estimate of drug-likeness (QED) is 0.0229. The van der Waals surface area contributed by atoms with Crippen molar-refractivity contribution in [1.29, 1.82) is 0 Å². The Morgan fingerprint density at radius 1 is 0.512 bits per heavy atom. The van der Waals surface area contributed by atoms with Crippen molar-refractivity contribution < 1.29 is 102 Å². The number of aliphatic hydroxyl groups excluding tert-OH is 3. The third-order valence-corrected chi connectivity index (χ3v) is 21.6. The highest BCUT2D eigenvalue weighted by molar-refractivity contribution is 7.98. The van der Waals surface area contributed by atoms with Gasteiger partial charge in [0.25, 0.3) is 0 Å². The molecule has 0 bridgehead atoms. The van der Waals surface area contributed by atoms with Crippen LogP contribution in [0.1, 0.15) is 145 Å². The lowest BCUT2D eigenvalue weighted by Crippen LogP contribution is -2.63. The first-order chi connectivity index (χ1) is 58.0. The smallest absolute Gasteiger partial charge is 0.328 e. The fraction of sp³-hybridized carbons (Fsp3) is 0.571. The molecule has 0 radical (unpaired) electrons. The summed E-state index contributed by atoms with van der Waals surface area (Å²) in [7, 11) is 0. The minimum absolute atomic E-state index is 0.0308. The lowest BCUT2D eigenvalue weighted by Gasteiger charge is -2.33. The number of phenols is 1. The van der Waals surface area contributed by atoms with Crippen LogP contribution in [0.15, 0.2) is 85.1 Å². The van der Waals surface area contributed by atoms with E-state index in [9.17, 15) is 87.9 Å². The molecule has 15 amide bonds. The molecule has 678 valence electrons. The van der Waals surface area contributed by atoms with Gasteiger partial charge < -0.3 is 116 Å². The number of hydrogen-bond donors (Lipinski definition) is 21. The predicted molar refractivity (Wildman–Crippen MR) is 456 cm³/mol. The summed E-state index contributed by atoms with van der Waals surface area (Å²) < 4.78 is 0. The average Bonchev–Trinajstić information content (AvgIpc) is 1.73. The summed E-state index contributed by atoms with van der Waals surface area (Å²) in [5.41, 5.74) is 13.5. The second-order valence-corrected chi connectivity index (χ2v) is 33.5. The van der Waals surface area contributed by atoms with Gasteiger partial charge in [0.15, 0.2) is 6.04 Å². The number of likely N-dealkylation sites (tertiary alicyclic amines) is 1. The molecule has 1 saturated heterocycles. The number of hydrogen-bond acceptors (Lipinski definition) is 22.